The van der Waals surface area contributed by atoms with Crippen LogP contribution in [0, 0.1) is 5.82 Å². The van der Waals surface area contributed by atoms with Crippen LogP contribution in [0.1, 0.15) is 24.9 Å². The number of ether oxygens (including phenoxy) is 1. The summed E-state index contributed by atoms with van der Waals surface area (Å²) in [5.74, 6) is 0.491. The van der Waals surface area contributed by atoms with Crippen molar-refractivity contribution in [2.75, 3.05) is 13.2 Å². The van der Waals surface area contributed by atoms with Crippen LogP contribution in [-0.2, 0) is 0 Å². The van der Waals surface area contributed by atoms with Crippen molar-refractivity contribution in [2.45, 2.75) is 19.4 Å². The average Bonchev–Trinajstić information content (AvgIpc) is 2.51. The van der Waals surface area contributed by atoms with Crippen molar-refractivity contribution in [3.63, 3.8) is 0 Å². The maximum atomic E-state index is 13.5. The first-order chi connectivity index (χ1) is 10.2. The molecule has 1 atom stereocenters. The summed E-state index contributed by atoms with van der Waals surface area (Å²) in [7, 11) is 0. The molecule has 2 nitrogen and oxygen atoms in total. The molecule has 112 valence electrons. The molecule has 4 heteroatoms. The molecule has 0 amide bonds. The summed E-state index contributed by atoms with van der Waals surface area (Å²) in [5.41, 5.74) is 0.723. The molecule has 0 saturated carbocycles. The maximum absolute atomic E-state index is 13.5. The van der Waals surface area contributed by atoms with Crippen LogP contribution in [0.2, 0.25) is 5.02 Å². The van der Waals surface area contributed by atoms with E-state index in [-0.39, 0.29) is 11.9 Å². The molecule has 0 bridgehead atoms. The molecule has 0 aliphatic carbocycles. The van der Waals surface area contributed by atoms with Gasteiger partial charge in [0.15, 0.2) is 0 Å². The lowest BCUT2D eigenvalue weighted by molar-refractivity contribution is 0.266. The van der Waals surface area contributed by atoms with E-state index in [1.165, 1.54) is 12.1 Å². The van der Waals surface area contributed by atoms with E-state index in [9.17, 15) is 4.39 Å². The second-order valence-corrected chi connectivity index (χ2v) is 5.20. The molecular formula is C17H19ClFNO. The van der Waals surface area contributed by atoms with E-state index in [1.54, 1.807) is 6.07 Å². The minimum absolute atomic E-state index is 0.145. The van der Waals surface area contributed by atoms with Gasteiger partial charge in [-0.25, -0.2) is 4.39 Å². The highest BCUT2D eigenvalue weighted by molar-refractivity contribution is 6.31. The second kappa shape index (κ2) is 8.01. The van der Waals surface area contributed by atoms with Crippen molar-refractivity contribution in [3.8, 4) is 5.75 Å². The number of hydrogen-bond donors (Lipinski definition) is 1. The Labute approximate surface area is 129 Å². The van der Waals surface area contributed by atoms with Crippen molar-refractivity contribution in [1.29, 1.82) is 0 Å². The summed E-state index contributed by atoms with van der Waals surface area (Å²) >= 11 is 6.19. The molecule has 2 aromatic rings. The molecule has 1 N–H and O–H groups in total. The first-order valence-electron chi connectivity index (χ1n) is 7.07. The molecule has 0 heterocycles. The van der Waals surface area contributed by atoms with Crippen molar-refractivity contribution in [1.82, 2.24) is 5.32 Å². The highest BCUT2D eigenvalue weighted by Crippen LogP contribution is 2.25. The van der Waals surface area contributed by atoms with Crippen LogP contribution in [0.15, 0.2) is 48.5 Å². The Morgan fingerprint density at radius 2 is 1.95 bits per heavy atom. The predicted molar refractivity (Wildman–Crippen MR) is 84.4 cm³/mol. The molecular weight excluding hydrogens is 289 g/mol. The molecule has 2 rings (SSSR count). The zero-order valence-electron chi connectivity index (χ0n) is 12.0. The summed E-state index contributed by atoms with van der Waals surface area (Å²) in [4.78, 5) is 0. The van der Waals surface area contributed by atoms with Crippen LogP contribution in [-0.4, -0.2) is 13.2 Å². The summed E-state index contributed by atoms with van der Waals surface area (Å²) < 4.78 is 19.2. The fourth-order valence-corrected chi connectivity index (χ4v) is 2.30. The third kappa shape index (κ3) is 4.73. The quantitative estimate of drug-likeness (QED) is 0.807. The van der Waals surface area contributed by atoms with Gasteiger partial charge in [-0.05, 0) is 48.9 Å². The average molecular weight is 308 g/mol. The molecule has 0 aliphatic heterocycles. The molecule has 0 spiro atoms. The number of nitrogens with one attached hydrogen (secondary N) is 1. The van der Waals surface area contributed by atoms with Crippen molar-refractivity contribution < 1.29 is 9.13 Å². The van der Waals surface area contributed by atoms with E-state index in [4.69, 9.17) is 16.3 Å². The molecule has 0 aliphatic rings. The van der Waals surface area contributed by atoms with E-state index >= 15 is 0 Å². The van der Waals surface area contributed by atoms with Gasteiger partial charge in [0.05, 0.1) is 6.04 Å². The molecule has 0 radical (unpaired) electrons. The second-order valence-electron chi connectivity index (χ2n) is 4.80. The van der Waals surface area contributed by atoms with Gasteiger partial charge in [-0.3, -0.25) is 0 Å². The number of halogens is 2. The molecule has 2 aromatic carbocycles. The minimum atomic E-state index is -0.294. The van der Waals surface area contributed by atoms with Crippen LogP contribution in [0.5, 0.6) is 5.75 Å². The molecule has 0 aromatic heterocycles. The molecule has 0 saturated heterocycles. The lowest BCUT2D eigenvalue weighted by Gasteiger charge is -2.20. The maximum Gasteiger partial charge on any atom is 0.123 e. The Morgan fingerprint density at radius 1 is 1.19 bits per heavy atom. The fraction of sp³-hybridized carbons (Fsp3) is 0.294. The van der Waals surface area contributed by atoms with Gasteiger partial charge in [0, 0.05) is 5.02 Å². The van der Waals surface area contributed by atoms with Gasteiger partial charge in [0.1, 0.15) is 18.2 Å². The van der Waals surface area contributed by atoms with Crippen LogP contribution >= 0.6 is 11.6 Å². The molecule has 1 unspecified atom stereocenters. The highest BCUT2D eigenvalue weighted by atomic mass is 35.5. The van der Waals surface area contributed by atoms with E-state index in [0.29, 0.717) is 11.6 Å². The van der Waals surface area contributed by atoms with Gasteiger partial charge >= 0.3 is 0 Å². The van der Waals surface area contributed by atoms with Gasteiger partial charge in [0.2, 0.25) is 0 Å². The number of hydrogen-bond acceptors (Lipinski definition) is 2. The third-order valence-electron chi connectivity index (χ3n) is 3.13. The summed E-state index contributed by atoms with van der Waals surface area (Å²) in [5, 5.41) is 3.89. The predicted octanol–water partition coefficient (Wildman–Crippen LogP) is 4.60. The van der Waals surface area contributed by atoms with E-state index in [2.05, 4.69) is 12.2 Å². The van der Waals surface area contributed by atoms with Crippen molar-refractivity contribution in [2.24, 2.45) is 0 Å². The van der Waals surface area contributed by atoms with Crippen molar-refractivity contribution >= 4 is 11.6 Å². The lowest BCUT2D eigenvalue weighted by atomic mass is 10.1. The summed E-state index contributed by atoms with van der Waals surface area (Å²) in [6.07, 6.45) is 0.981. The fourth-order valence-electron chi connectivity index (χ4n) is 2.06. The lowest BCUT2D eigenvalue weighted by Crippen LogP contribution is -2.28. The smallest absolute Gasteiger partial charge is 0.123 e. The zero-order chi connectivity index (χ0) is 15.1. The van der Waals surface area contributed by atoms with Crippen molar-refractivity contribution in [3.05, 3.63) is 64.9 Å². The Hall–Kier alpha value is -1.58. The van der Waals surface area contributed by atoms with Gasteiger partial charge in [-0.2, -0.15) is 0 Å². The highest BCUT2D eigenvalue weighted by Gasteiger charge is 2.16. The van der Waals surface area contributed by atoms with Gasteiger partial charge in [-0.1, -0.05) is 36.7 Å². The SMILES string of the molecule is CCCNC(COc1ccccc1)c1cc(F)ccc1Cl. The third-order valence-corrected chi connectivity index (χ3v) is 3.48. The van der Waals surface area contributed by atoms with E-state index in [0.717, 1.165) is 24.3 Å². The van der Waals surface area contributed by atoms with Crippen LogP contribution in [0.25, 0.3) is 0 Å². The van der Waals surface area contributed by atoms with Crippen LogP contribution < -0.4 is 10.1 Å². The monoisotopic (exact) mass is 307 g/mol. The standard InChI is InChI=1S/C17H19ClFNO/c1-2-10-20-17(12-21-14-6-4-3-5-7-14)15-11-13(19)8-9-16(15)18/h3-9,11,17,20H,2,10,12H2,1H3. The van der Waals surface area contributed by atoms with E-state index in [1.807, 2.05) is 30.3 Å². The molecule has 0 fully saturated rings. The largest absolute Gasteiger partial charge is 0.492 e. The van der Waals surface area contributed by atoms with Crippen LogP contribution in [0.3, 0.4) is 0 Å². The number of benzene rings is 2. The van der Waals surface area contributed by atoms with Crippen LogP contribution in [0.4, 0.5) is 4.39 Å². The first kappa shape index (κ1) is 15.8. The molecule has 21 heavy (non-hydrogen) atoms. The topological polar surface area (TPSA) is 21.3 Å². The normalized spacial score (nSPS) is 12.1. The summed E-state index contributed by atoms with van der Waals surface area (Å²) in [6.45, 7) is 3.29. The Bertz CT molecular complexity index is 562. The Balaban J connectivity index is 2.12. The summed E-state index contributed by atoms with van der Waals surface area (Å²) in [6, 6.07) is 13.8. The van der Waals surface area contributed by atoms with Gasteiger partial charge in [-0.15, -0.1) is 0 Å². The Morgan fingerprint density at radius 3 is 2.67 bits per heavy atom. The van der Waals surface area contributed by atoms with Gasteiger partial charge < -0.3 is 10.1 Å². The zero-order valence-corrected chi connectivity index (χ0v) is 12.7. The van der Waals surface area contributed by atoms with E-state index < -0.39 is 0 Å². The minimum Gasteiger partial charge on any atom is -0.492 e. The Kier molecular flexibility index (Phi) is 6.03. The first-order valence-corrected chi connectivity index (χ1v) is 7.44. The van der Waals surface area contributed by atoms with Gasteiger partial charge in [0.25, 0.3) is 0 Å². The number of para-hydroxylation sites is 1. The number of rotatable bonds is 7.